The van der Waals surface area contributed by atoms with Gasteiger partial charge in [-0.2, -0.15) is 0 Å². The van der Waals surface area contributed by atoms with Gasteiger partial charge in [-0.15, -0.1) is 0 Å². The fraction of sp³-hybridized carbons (Fsp3) is 0.0714. The highest BCUT2D eigenvalue weighted by atomic mass is 19.1. The van der Waals surface area contributed by atoms with E-state index in [2.05, 4.69) is 10.6 Å². The highest BCUT2D eigenvalue weighted by Gasteiger charge is 1.99. The molecular formula is C14H13FN2O. The lowest BCUT2D eigenvalue weighted by molar-refractivity contribution is -0.114. The van der Waals surface area contributed by atoms with Crippen molar-refractivity contribution in [1.82, 2.24) is 0 Å². The SMILES string of the molecule is CC(=O)Nc1cccc(Nc2cccc(F)c2)c1. The van der Waals surface area contributed by atoms with E-state index in [1.165, 1.54) is 19.1 Å². The maximum absolute atomic E-state index is 13.0. The molecule has 92 valence electrons. The Hall–Kier alpha value is -2.36. The molecule has 0 aliphatic rings. The molecule has 0 saturated heterocycles. The van der Waals surface area contributed by atoms with Crippen molar-refractivity contribution in [3.63, 3.8) is 0 Å². The smallest absolute Gasteiger partial charge is 0.221 e. The minimum atomic E-state index is -0.294. The Morgan fingerprint density at radius 1 is 1.00 bits per heavy atom. The molecule has 0 radical (unpaired) electrons. The van der Waals surface area contributed by atoms with Crippen LogP contribution in [0.25, 0.3) is 0 Å². The van der Waals surface area contributed by atoms with Crippen molar-refractivity contribution in [2.45, 2.75) is 6.92 Å². The Bertz CT molecular complexity index is 569. The summed E-state index contributed by atoms with van der Waals surface area (Å²) in [6.07, 6.45) is 0. The van der Waals surface area contributed by atoms with Crippen LogP contribution in [-0.2, 0) is 4.79 Å². The molecule has 2 aromatic carbocycles. The molecule has 3 nitrogen and oxygen atoms in total. The van der Waals surface area contributed by atoms with Crippen LogP contribution in [0.4, 0.5) is 21.5 Å². The van der Waals surface area contributed by atoms with Crippen molar-refractivity contribution in [3.05, 3.63) is 54.3 Å². The molecular weight excluding hydrogens is 231 g/mol. The third kappa shape index (κ3) is 3.31. The van der Waals surface area contributed by atoms with Crippen LogP contribution in [0.5, 0.6) is 0 Å². The number of amides is 1. The highest BCUT2D eigenvalue weighted by Crippen LogP contribution is 2.20. The van der Waals surface area contributed by atoms with E-state index in [4.69, 9.17) is 0 Å². The second-order valence-electron chi connectivity index (χ2n) is 3.90. The fourth-order valence-electron chi connectivity index (χ4n) is 1.61. The summed E-state index contributed by atoms with van der Waals surface area (Å²) in [5, 5.41) is 5.76. The molecule has 0 aromatic heterocycles. The number of nitrogens with one attached hydrogen (secondary N) is 2. The van der Waals surface area contributed by atoms with Gasteiger partial charge >= 0.3 is 0 Å². The molecule has 0 fully saturated rings. The van der Waals surface area contributed by atoms with Crippen LogP contribution in [-0.4, -0.2) is 5.91 Å². The largest absolute Gasteiger partial charge is 0.355 e. The van der Waals surface area contributed by atoms with Gasteiger partial charge in [-0.1, -0.05) is 12.1 Å². The number of rotatable bonds is 3. The van der Waals surface area contributed by atoms with Crippen LogP contribution >= 0.6 is 0 Å². The van der Waals surface area contributed by atoms with Gasteiger partial charge in [0, 0.05) is 24.0 Å². The van der Waals surface area contributed by atoms with Gasteiger partial charge in [0.1, 0.15) is 5.82 Å². The summed E-state index contributed by atoms with van der Waals surface area (Å²) in [5.74, 6) is -0.420. The summed E-state index contributed by atoms with van der Waals surface area (Å²) < 4.78 is 13.0. The maximum Gasteiger partial charge on any atom is 0.221 e. The van der Waals surface area contributed by atoms with Gasteiger partial charge in [0.25, 0.3) is 0 Å². The molecule has 4 heteroatoms. The van der Waals surface area contributed by atoms with Gasteiger partial charge in [0.05, 0.1) is 0 Å². The average Bonchev–Trinajstić information content (AvgIpc) is 2.28. The zero-order valence-electron chi connectivity index (χ0n) is 9.91. The predicted octanol–water partition coefficient (Wildman–Crippen LogP) is 3.53. The lowest BCUT2D eigenvalue weighted by Gasteiger charge is -2.08. The van der Waals surface area contributed by atoms with Gasteiger partial charge in [0.2, 0.25) is 5.91 Å². The van der Waals surface area contributed by atoms with Crippen LogP contribution in [0.3, 0.4) is 0 Å². The molecule has 2 aromatic rings. The number of hydrogen-bond donors (Lipinski definition) is 2. The average molecular weight is 244 g/mol. The van der Waals surface area contributed by atoms with E-state index in [9.17, 15) is 9.18 Å². The van der Waals surface area contributed by atoms with E-state index in [0.29, 0.717) is 11.4 Å². The van der Waals surface area contributed by atoms with Gasteiger partial charge < -0.3 is 10.6 Å². The summed E-state index contributed by atoms with van der Waals surface area (Å²) in [5.41, 5.74) is 2.14. The van der Waals surface area contributed by atoms with E-state index in [1.807, 2.05) is 12.1 Å². The third-order valence-electron chi connectivity index (χ3n) is 2.30. The molecule has 18 heavy (non-hydrogen) atoms. The predicted molar refractivity (Wildman–Crippen MR) is 70.4 cm³/mol. The number of hydrogen-bond acceptors (Lipinski definition) is 2. The molecule has 0 heterocycles. The van der Waals surface area contributed by atoms with E-state index in [-0.39, 0.29) is 11.7 Å². The highest BCUT2D eigenvalue weighted by molar-refractivity contribution is 5.89. The van der Waals surface area contributed by atoms with Gasteiger partial charge in [0.15, 0.2) is 0 Å². The van der Waals surface area contributed by atoms with Crippen LogP contribution in [0.1, 0.15) is 6.92 Å². The number of benzene rings is 2. The van der Waals surface area contributed by atoms with E-state index < -0.39 is 0 Å². The van der Waals surface area contributed by atoms with Crippen molar-refractivity contribution in [2.24, 2.45) is 0 Å². The lowest BCUT2D eigenvalue weighted by Crippen LogP contribution is -2.05. The second kappa shape index (κ2) is 5.31. The molecule has 0 saturated carbocycles. The molecule has 0 unspecified atom stereocenters. The van der Waals surface area contributed by atoms with Crippen molar-refractivity contribution in [2.75, 3.05) is 10.6 Å². The quantitative estimate of drug-likeness (QED) is 0.867. The zero-order chi connectivity index (χ0) is 13.0. The molecule has 0 aliphatic carbocycles. The van der Waals surface area contributed by atoms with Crippen molar-refractivity contribution >= 4 is 23.0 Å². The van der Waals surface area contributed by atoms with Crippen molar-refractivity contribution in [3.8, 4) is 0 Å². The number of carbonyl (C=O) groups is 1. The monoisotopic (exact) mass is 244 g/mol. The Morgan fingerprint density at radius 3 is 2.28 bits per heavy atom. The summed E-state index contributed by atoms with van der Waals surface area (Å²) >= 11 is 0. The van der Waals surface area contributed by atoms with Crippen LogP contribution in [0, 0.1) is 5.82 Å². The van der Waals surface area contributed by atoms with Gasteiger partial charge in [-0.05, 0) is 36.4 Å². The lowest BCUT2D eigenvalue weighted by atomic mass is 10.2. The standard InChI is InChI=1S/C14H13FN2O/c1-10(18)16-13-6-3-7-14(9-13)17-12-5-2-4-11(15)8-12/h2-9,17H,1H3,(H,16,18). The van der Waals surface area contributed by atoms with Gasteiger partial charge in [-0.3, -0.25) is 4.79 Å². The topological polar surface area (TPSA) is 41.1 Å². The minimum absolute atomic E-state index is 0.127. The molecule has 1 amide bonds. The normalized spacial score (nSPS) is 9.89. The molecule has 0 bridgehead atoms. The number of halogens is 1. The Morgan fingerprint density at radius 2 is 1.61 bits per heavy atom. The van der Waals surface area contributed by atoms with Crippen LogP contribution in [0.15, 0.2) is 48.5 Å². The summed E-state index contributed by atoms with van der Waals surface area (Å²) in [7, 11) is 0. The zero-order valence-corrected chi connectivity index (χ0v) is 9.91. The second-order valence-corrected chi connectivity index (χ2v) is 3.90. The minimum Gasteiger partial charge on any atom is -0.355 e. The number of carbonyl (C=O) groups excluding carboxylic acids is 1. The summed E-state index contributed by atoms with van der Waals surface area (Å²) in [4.78, 5) is 10.9. The van der Waals surface area contributed by atoms with Gasteiger partial charge in [-0.25, -0.2) is 4.39 Å². The summed E-state index contributed by atoms with van der Waals surface area (Å²) in [6, 6.07) is 13.4. The number of anilines is 3. The molecule has 0 atom stereocenters. The molecule has 0 aliphatic heterocycles. The van der Waals surface area contributed by atoms with Crippen molar-refractivity contribution < 1.29 is 9.18 Å². The Balaban J connectivity index is 2.16. The Kier molecular flexibility index (Phi) is 3.57. The fourth-order valence-corrected chi connectivity index (χ4v) is 1.61. The first-order valence-electron chi connectivity index (χ1n) is 5.54. The molecule has 0 spiro atoms. The van der Waals surface area contributed by atoms with Crippen LogP contribution in [0.2, 0.25) is 0 Å². The molecule has 2 rings (SSSR count). The third-order valence-corrected chi connectivity index (χ3v) is 2.30. The van der Waals surface area contributed by atoms with E-state index >= 15 is 0 Å². The maximum atomic E-state index is 13.0. The first kappa shape index (κ1) is 12.1. The van der Waals surface area contributed by atoms with Crippen molar-refractivity contribution in [1.29, 1.82) is 0 Å². The van der Waals surface area contributed by atoms with E-state index in [0.717, 1.165) is 5.69 Å². The van der Waals surface area contributed by atoms with E-state index in [1.54, 1.807) is 24.3 Å². The first-order chi connectivity index (χ1) is 8.63. The Labute approximate surface area is 105 Å². The summed E-state index contributed by atoms with van der Waals surface area (Å²) in [6.45, 7) is 1.45. The first-order valence-corrected chi connectivity index (χ1v) is 5.54. The molecule has 2 N–H and O–H groups in total. The van der Waals surface area contributed by atoms with Crippen LogP contribution < -0.4 is 10.6 Å².